The number of rotatable bonds is 3. The van der Waals surface area contributed by atoms with Gasteiger partial charge in [-0.15, -0.1) is 11.6 Å². The molecule has 0 unspecified atom stereocenters. The van der Waals surface area contributed by atoms with Crippen LogP contribution in [-0.2, 0) is 19.5 Å². The Kier molecular flexibility index (Phi) is 3.22. The lowest BCUT2D eigenvalue weighted by atomic mass is 10.2. The first-order valence-electron chi connectivity index (χ1n) is 6.46. The minimum absolute atomic E-state index is 0.370. The molecule has 6 heteroatoms. The maximum absolute atomic E-state index is 6.02. The molecule has 0 atom stereocenters. The lowest BCUT2D eigenvalue weighted by Crippen LogP contribution is -2.05. The Morgan fingerprint density at radius 1 is 1.20 bits per heavy atom. The zero-order valence-electron chi connectivity index (χ0n) is 11.8. The Morgan fingerprint density at radius 2 is 2.00 bits per heavy atom. The Bertz CT molecular complexity index is 771. The van der Waals surface area contributed by atoms with Crippen LogP contribution in [0.25, 0.3) is 11.2 Å². The molecule has 0 saturated carbocycles. The SMILES string of the molecule is Cc1ccc2nc(CCl)n(Cc3cn(C)nc3C)c2n1. The van der Waals surface area contributed by atoms with E-state index in [0.29, 0.717) is 12.4 Å². The van der Waals surface area contributed by atoms with Crippen molar-refractivity contribution in [2.45, 2.75) is 26.3 Å². The molecule has 0 aliphatic heterocycles. The van der Waals surface area contributed by atoms with Gasteiger partial charge >= 0.3 is 0 Å². The number of halogens is 1. The Morgan fingerprint density at radius 3 is 2.65 bits per heavy atom. The molecule has 0 radical (unpaired) electrons. The van der Waals surface area contributed by atoms with Crippen molar-refractivity contribution in [1.82, 2.24) is 24.3 Å². The number of pyridine rings is 1. The number of nitrogens with zero attached hydrogens (tertiary/aromatic N) is 5. The largest absolute Gasteiger partial charge is 0.307 e. The van der Waals surface area contributed by atoms with E-state index in [1.807, 2.05) is 43.9 Å². The maximum Gasteiger partial charge on any atom is 0.160 e. The lowest BCUT2D eigenvalue weighted by Gasteiger charge is -2.06. The fraction of sp³-hybridized carbons (Fsp3) is 0.357. The molecule has 0 bridgehead atoms. The van der Waals surface area contributed by atoms with Gasteiger partial charge in [0.2, 0.25) is 0 Å². The molecule has 104 valence electrons. The van der Waals surface area contributed by atoms with Crippen molar-refractivity contribution in [3.8, 4) is 0 Å². The number of aromatic nitrogens is 5. The third-order valence-corrected chi connectivity index (χ3v) is 3.61. The molecule has 0 fully saturated rings. The highest BCUT2D eigenvalue weighted by atomic mass is 35.5. The van der Waals surface area contributed by atoms with E-state index in [-0.39, 0.29) is 0 Å². The van der Waals surface area contributed by atoms with E-state index >= 15 is 0 Å². The van der Waals surface area contributed by atoms with Gasteiger partial charge in [-0.25, -0.2) is 9.97 Å². The second kappa shape index (κ2) is 4.90. The zero-order chi connectivity index (χ0) is 14.3. The smallest absolute Gasteiger partial charge is 0.160 e. The topological polar surface area (TPSA) is 48.5 Å². The summed E-state index contributed by atoms with van der Waals surface area (Å²) in [6.45, 7) is 4.68. The van der Waals surface area contributed by atoms with Gasteiger partial charge in [0.25, 0.3) is 0 Å². The molecule has 0 spiro atoms. The normalized spacial score (nSPS) is 11.4. The molecule has 5 nitrogen and oxygen atoms in total. The highest BCUT2D eigenvalue weighted by molar-refractivity contribution is 6.16. The van der Waals surface area contributed by atoms with Crippen molar-refractivity contribution < 1.29 is 0 Å². The minimum atomic E-state index is 0.370. The summed E-state index contributed by atoms with van der Waals surface area (Å²) < 4.78 is 3.89. The van der Waals surface area contributed by atoms with Crippen LogP contribution in [-0.4, -0.2) is 24.3 Å². The number of imidazole rings is 1. The summed E-state index contributed by atoms with van der Waals surface area (Å²) in [5.74, 6) is 1.21. The number of fused-ring (bicyclic) bond motifs is 1. The molecule has 3 heterocycles. The fourth-order valence-corrected chi connectivity index (χ4v) is 2.59. The van der Waals surface area contributed by atoms with Crippen molar-refractivity contribution in [2.75, 3.05) is 0 Å². The number of hydrogen-bond acceptors (Lipinski definition) is 3. The molecule has 0 aliphatic carbocycles. The van der Waals surface area contributed by atoms with Gasteiger partial charge in [0, 0.05) is 24.5 Å². The summed E-state index contributed by atoms with van der Waals surface area (Å²) in [5.41, 5.74) is 4.91. The highest BCUT2D eigenvalue weighted by Crippen LogP contribution is 2.19. The van der Waals surface area contributed by atoms with Crippen LogP contribution in [0.2, 0.25) is 0 Å². The predicted molar refractivity (Wildman–Crippen MR) is 78.9 cm³/mol. The van der Waals surface area contributed by atoms with Crippen LogP contribution in [0.5, 0.6) is 0 Å². The molecule has 0 aromatic carbocycles. The van der Waals surface area contributed by atoms with Gasteiger partial charge in [-0.3, -0.25) is 4.68 Å². The third-order valence-electron chi connectivity index (χ3n) is 3.37. The molecule has 3 rings (SSSR count). The molecular formula is C14H16ClN5. The Labute approximate surface area is 122 Å². The van der Waals surface area contributed by atoms with Crippen LogP contribution in [0.3, 0.4) is 0 Å². The van der Waals surface area contributed by atoms with E-state index < -0.39 is 0 Å². The van der Waals surface area contributed by atoms with Gasteiger partial charge in [0.1, 0.15) is 11.3 Å². The molecule has 20 heavy (non-hydrogen) atoms. The van der Waals surface area contributed by atoms with E-state index in [9.17, 15) is 0 Å². The molecule has 0 saturated heterocycles. The van der Waals surface area contributed by atoms with Crippen molar-refractivity contribution >= 4 is 22.8 Å². The Hall–Kier alpha value is -1.88. The molecule has 0 N–H and O–H groups in total. The molecule has 0 amide bonds. The van der Waals surface area contributed by atoms with E-state index in [4.69, 9.17) is 11.6 Å². The monoisotopic (exact) mass is 289 g/mol. The first kappa shape index (κ1) is 13.1. The summed E-state index contributed by atoms with van der Waals surface area (Å²) in [4.78, 5) is 9.14. The average Bonchev–Trinajstić information content (AvgIpc) is 2.91. The fourth-order valence-electron chi connectivity index (χ4n) is 2.39. The van der Waals surface area contributed by atoms with Crippen molar-refractivity contribution in [1.29, 1.82) is 0 Å². The second-order valence-electron chi connectivity index (χ2n) is 4.96. The summed E-state index contributed by atoms with van der Waals surface area (Å²) >= 11 is 6.02. The summed E-state index contributed by atoms with van der Waals surface area (Å²) in [6.07, 6.45) is 2.02. The van der Waals surface area contributed by atoms with Crippen LogP contribution in [0.15, 0.2) is 18.3 Å². The van der Waals surface area contributed by atoms with Crippen molar-refractivity contribution in [3.63, 3.8) is 0 Å². The van der Waals surface area contributed by atoms with Gasteiger partial charge in [-0.2, -0.15) is 5.10 Å². The van der Waals surface area contributed by atoms with E-state index in [1.54, 1.807) is 0 Å². The predicted octanol–water partition coefficient (Wildman–Crippen LogP) is 2.57. The van der Waals surface area contributed by atoms with E-state index in [2.05, 4.69) is 19.6 Å². The minimum Gasteiger partial charge on any atom is -0.307 e. The molecule has 0 aliphatic rings. The average molecular weight is 290 g/mol. The van der Waals surface area contributed by atoms with Gasteiger partial charge in [-0.05, 0) is 26.0 Å². The maximum atomic E-state index is 6.02. The number of alkyl halides is 1. The van der Waals surface area contributed by atoms with Crippen LogP contribution >= 0.6 is 11.6 Å². The lowest BCUT2D eigenvalue weighted by molar-refractivity contribution is 0.753. The number of aryl methyl sites for hydroxylation is 3. The summed E-state index contributed by atoms with van der Waals surface area (Å²) in [5, 5.41) is 4.37. The second-order valence-corrected chi connectivity index (χ2v) is 5.22. The number of hydrogen-bond donors (Lipinski definition) is 0. The zero-order valence-corrected chi connectivity index (χ0v) is 12.5. The van der Waals surface area contributed by atoms with Gasteiger partial charge in [0.05, 0.1) is 18.1 Å². The Balaban J connectivity index is 2.13. The van der Waals surface area contributed by atoms with E-state index in [0.717, 1.165) is 33.9 Å². The summed E-state index contributed by atoms with van der Waals surface area (Å²) in [6, 6.07) is 3.95. The first-order chi connectivity index (χ1) is 9.58. The van der Waals surface area contributed by atoms with E-state index in [1.165, 1.54) is 0 Å². The molecule has 3 aromatic rings. The quantitative estimate of drug-likeness (QED) is 0.696. The van der Waals surface area contributed by atoms with Crippen molar-refractivity contribution in [3.05, 3.63) is 41.1 Å². The standard InChI is InChI=1S/C14H16ClN5/c1-9-4-5-12-14(16-9)20(13(6-15)17-12)8-11-7-19(3)18-10(11)2/h4-5,7H,6,8H2,1-3H3. The molecule has 3 aromatic heterocycles. The van der Waals surface area contributed by atoms with Crippen LogP contribution < -0.4 is 0 Å². The first-order valence-corrected chi connectivity index (χ1v) is 7.00. The molecular weight excluding hydrogens is 274 g/mol. The van der Waals surface area contributed by atoms with Gasteiger partial charge < -0.3 is 4.57 Å². The van der Waals surface area contributed by atoms with Crippen LogP contribution in [0, 0.1) is 13.8 Å². The van der Waals surface area contributed by atoms with Crippen molar-refractivity contribution in [2.24, 2.45) is 7.05 Å². The van der Waals surface area contributed by atoms with Crippen LogP contribution in [0.4, 0.5) is 0 Å². The van der Waals surface area contributed by atoms with Gasteiger partial charge in [-0.1, -0.05) is 0 Å². The third kappa shape index (κ3) is 2.18. The van der Waals surface area contributed by atoms with Gasteiger partial charge in [0.15, 0.2) is 5.65 Å². The highest BCUT2D eigenvalue weighted by Gasteiger charge is 2.13. The van der Waals surface area contributed by atoms with Crippen LogP contribution in [0.1, 0.15) is 22.8 Å². The summed E-state index contributed by atoms with van der Waals surface area (Å²) in [7, 11) is 1.92.